The highest BCUT2D eigenvalue weighted by molar-refractivity contribution is 7.52. The molecule has 4 N–H and O–H groups in total. The number of benzene rings is 1. The van der Waals surface area contributed by atoms with Crippen molar-refractivity contribution in [1.82, 2.24) is 14.8 Å². The number of nitrogens with two attached hydrogens (primary N) is 1. The normalized spacial score (nSPS) is 13.3. The Balaban J connectivity index is 1.94. The molecule has 3 aromatic rings. The standard InChI is InChI=1S/C19H20Cl2FN4O4P/c1-10(16-13(20)4-5-14(22)17(16)21)30-15-6-11(7-24-18(15)23)12-8-25-26(9-12)19(2,3)31(27,28)29/h4-10H,1-3H3,(H2,23,24)(H2,27,28,29). The maximum atomic E-state index is 13.9. The molecule has 1 aromatic carbocycles. The van der Waals surface area contributed by atoms with Gasteiger partial charge in [-0.15, -0.1) is 0 Å². The van der Waals surface area contributed by atoms with Crippen LogP contribution in [0.4, 0.5) is 10.2 Å². The minimum atomic E-state index is -4.47. The number of halogens is 3. The quantitative estimate of drug-likeness (QED) is 0.330. The van der Waals surface area contributed by atoms with Gasteiger partial charge in [-0.1, -0.05) is 23.2 Å². The molecular formula is C19H20Cl2FN4O4P. The van der Waals surface area contributed by atoms with Crippen LogP contribution in [0.25, 0.3) is 11.1 Å². The molecule has 2 heterocycles. The van der Waals surface area contributed by atoms with Gasteiger partial charge < -0.3 is 20.3 Å². The van der Waals surface area contributed by atoms with Crippen LogP contribution in [0.1, 0.15) is 32.4 Å². The first kappa shape index (κ1) is 23.5. The summed E-state index contributed by atoms with van der Waals surface area (Å²) < 4.78 is 32.7. The van der Waals surface area contributed by atoms with Gasteiger partial charge in [-0.25, -0.2) is 9.37 Å². The summed E-state index contributed by atoms with van der Waals surface area (Å²) in [7, 11) is -4.47. The molecule has 2 aromatic heterocycles. The SMILES string of the molecule is CC(Oc1cc(-c2cnn(C(C)(C)P(=O)(O)O)c2)cnc1N)c1c(Cl)ccc(F)c1Cl. The molecule has 0 saturated heterocycles. The average molecular weight is 489 g/mol. The smallest absolute Gasteiger partial charge is 0.352 e. The molecule has 3 rings (SSSR count). The fourth-order valence-electron chi connectivity index (χ4n) is 2.78. The summed E-state index contributed by atoms with van der Waals surface area (Å²) in [6.45, 7) is 4.40. The largest absolute Gasteiger partial charge is 0.482 e. The summed E-state index contributed by atoms with van der Waals surface area (Å²) in [5, 5.41) is 2.62. The first-order chi connectivity index (χ1) is 14.3. The van der Waals surface area contributed by atoms with Gasteiger partial charge in [-0.05, 0) is 39.0 Å². The number of aromatic nitrogens is 3. The third-order valence-electron chi connectivity index (χ3n) is 4.86. The van der Waals surface area contributed by atoms with E-state index in [-0.39, 0.29) is 27.2 Å². The van der Waals surface area contributed by atoms with Gasteiger partial charge in [0.25, 0.3) is 0 Å². The summed E-state index contributed by atoms with van der Waals surface area (Å²) in [6, 6.07) is 4.13. The van der Waals surface area contributed by atoms with Crippen LogP contribution in [-0.4, -0.2) is 24.6 Å². The molecule has 0 saturated carbocycles. The van der Waals surface area contributed by atoms with E-state index >= 15 is 0 Å². The second-order valence-corrected chi connectivity index (χ2v) is 10.3. The van der Waals surface area contributed by atoms with Crippen molar-refractivity contribution < 1.29 is 23.5 Å². The van der Waals surface area contributed by atoms with Gasteiger partial charge in [0, 0.05) is 34.1 Å². The monoisotopic (exact) mass is 488 g/mol. The molecule has 8 nitrogen and oxygen atoms in total. The van der Waals surface area contributed by atoms with Gasteiger partial charge in [-0.3, -0.25) is 9.25 Å². The molecule has 0 radical (unpaired) electrons. The van der Waals surface area contributed by atoms with E-state index in [4.69, 9.17) is 33.7 Å². The van der Waals surface area contributed by atoms with Gasteiger partial charge in [0.05, 0.1) is 11.2 Å². The van der Waals surface area contributed by atoms with E-state index in [1.54, 1.807) is 13.0 Å². The van der Waals surface area contributed by atoms with Crippen LogP contribution in [-0.2, 0) is 9.85 Å². The molecule has 0 fully saturated rings. The van der Waals surface area contributed by atoms with Crippen molar-refractivity contribution in [3.8, 4) is 16.9 Å². The van der Waals surface area contributed by atoms with Crippen LogP contribution in [0.3, 0.4) is 0 Å². The van der Waals surface area contributed by atoms with Gasteiger partial charge in [-0.2, -0.15) is 5.10 Å². The Labute approximate surface area is 187 Å². The number of nitrogens with zero attached hydrogens (tertiary/aromatic N) is 3. The lowest BCUT2D eigenvalue weighted by Crippen LogP contribution is -2.26. The summed E-state index contributed by atoms with van der Waals surface area (Å²) in [6.07, 6.45) is 3.66. The first-order valence-corrected chi connectivity index (χ1v) is 11.4. The molecule has 1 atom stereocenters. The second kappa shape index (κ2) is 8.41. The topological polar surface area (TPSA) is 123 Å². The third-order valence-corrected chi connectivity index (χ3v) is 7.21. The number of nitrogen functional groups attached to an aromatic ring is 1. The lowest BCUT2D eigenvalue weighted by molar-refractivity contribution is 0.227. The highest BCUT2D eigenvalue weighted by atomic mass is 35.5. The van der Waals surface area contributed by atoms with Crippen LogP contribution >= 0.6 is 30.8 Å². The summed E-state index contributed by atoms with van der Waals surface area (Å²) in [5.74, 6) is -0.345. The lowest BCUT2D eigenvalue weighted by Gasteiger charge is -2.26. The molecule has 0 aliphatic rings. The van der Waals surface area contributed by atoms with Crippen molar-refractivity contribution in [3.63, 3.8) is 0 Å². The number of rotatable bonds is 6. The van der Waals surface area contributed by atoms with E-state index in [2.05, 4.69) is 10.1 Å². The zero-order chi connectivity index (χ0) is 23.1. The third kappa shape index (κ3) is 4.56. The van der Waals surface area contributed by atoms with Crippen LogP contribution in [0.15, 0.2) is 36.8 Å². The maximum Gasteiger partial charge on any atom is 0.352 e. The molecule has 0 amide bonds. The van der Waals surface area contributed by atoms with Crippen LogP contribution in [0, 0.1) is 5.82 Å². The molecule has 0 spiro atoms. The van der Waals surface area contributed by atoms with Crippen LogP contribution in [0.2, 0.25) is 10.0 Å². The summed E-state index contributed by atoms with van der Waals surface area (Å²) in [5.41, 5.74) is 7.28. The maximum absolute atomic E-state index is 13.9. The molecule has 1 unspecified atom stereocenters. The average Bonchev–Trinajstić information content (AvgIpc) is 3.17. The van der Waals surface area contributed by atoms with Crippen molar-refractivity contribution in [3.05, 3.63) is 58.2 Å². The predicted molar refractivity (Wildman–Crippen MR) is 117 cm³/mol. The lowest BCUT2D eigenvalue weighted by atomic mass is 10.1. The highest BCUT2D eigenvalue weighted by Crippen LogP contribution is 2.53. The highest BCUT2D eigenvalue weighted by Gasteiger charge is 2.40. The number of hydrogen-bond donors (Lipinski definition) is 3. The Morgan fingerprint density at radius 1 is 1.26 bits per heavy atom. The minimum absolute atomic E-state index is 0.0854. The molecule has 12 heteroatoms. The van der Waals surface area contributed by atoms with Gasteiger partial charge in [0.15, 0.2) is 16.8 Å². The Morgan fingerprint density at radius 2 is 1.94 bits per heavy atom. The van der Waals surface area contributed by atoms with E-state index in [0.29, 0.717) is 11.1 Å². The predicted octanol–water partition coefficient (Wildman–Crippen LogP) is 4.98. The van der Waals surface area contributed by atoms with E-state index in [1.165, 1.54) is 43.2 Å². The first-order valence-electron chi connectivity index (χ1n) is 8.99. The second-order valence-electron chi connectivity index (χ2n) is 7.34. The molecule has 0 bridgehead atoms. The van der Waals surface area contributed by atoms with E-state index in [9.17, 15) is 18.7 Å². The van der Waals surface area contributed by atoms with Crippen molar-refractivity contribution in [2.45, 2.75) is 32.2 Å². The van der Waals surface area contributed by atoms with Gasteiger partial charge in [0.2, 0.25) is 0 Å². The van der Waals surface area contributed by atoms with E-state index in [0.717, 1.165) is 6.07 Å². The minimum Gasteiger partial charge on any atom is -0.482 e. The molecular weight excluding hydrogens is 469 g/mol. The van der Waals surface area contributed by atoms with Crippen molar-refractivity contribution >= 4 is 36.6 Å². The number of pyridine rings is 1. The van der Waals surface area contributed by atoms with E-state index in [1.807, 2.05) is 0 Å². The van der Waals surface area contributed by atoms with Crippen LogP contribution in [0.5, 0.6) is 5.75 Å². The molecule has 0 aliphatic heterocycles. The number of ether oxygens (including phenoxy) is 1. The Morgan fingerprint density at radius 3 is 2.58 bits per heavy atom. The van der Waals surface area contributed by atoms with E-state index < -0.39 is 24.8 Å². The van der Waals surface area contributed by atoms with Gasteiger partial charge >= 0.3 is 7.60 Å². The molecule has 0 aliphatic carbocycles. The Kier molecular flexibility index (Phi) is 6.37. The summed E-state index contributed by atoms with van der Waals surface area (Å²) >= 11 is 12.2. The Hall–Kier alpha value is -2.16. The van der Waals surface area contributed by atoms with Crippen molar-refractivity contribution in [2.24, 2.45) is 0 Å². The summed E-state index contributed by atoms with van der Waals surface area (Å²) in [4.78, 5) is 23.3. The van der Waals surface area contributed by atoms with Crippen molar-refractivity contribution in [1.29, 1.82) is 0 Å². The number of hydrogen-bond acceptors (Lipinski definition) is 5. The Bertz CT molecular complexity index is 1180. The molecule has 166 valence electrons. The number of anilines is 1. The fraction of sp³-hybridized carbons (Fsp3) is 0.263. The van der Waals surface area contributed by atoms with Crippen molar-refractivity contribution in [2.75, 3.05) is 5.73 Å². The van der Waals surface area contributed by atoms with Crippen LogP contribution < -0.4 is 10.5 Å². The molecule has 31 heavy (non-hydrogen) atoms. The fourth-order valence-corrected chi connectivity index (χ4v) is 3.83. The van der Waals surface area contributed by atoms with Gasteiger partial charge in [0.1, 0.15) is 11.9 Å². The zero-order valence-electron chi connectivity index (χ0n) is 16.8. The zero-order valence-corrected chi connectivity index (χ0v) is 19.2.